The first-order chi connectivity index (χ1) is 12.3. The molecule has 132 valence electrons. The number of amides is 1. The van der Waals surface area contributed by atoms with Crippen LogP contribution in [0.25, 0.3) is 10.8 Å². The number of rotatable bonds is 4. The molecule has 5 nitrogen and oxygen atoms in total. The lowest BCUT2D eigenvalue weighted by Crippen LogP contribution is -2.19. The van der Waals surface area contributed by atoms with Gasteiger partial charge in [0.2, 0.25) is 0 Å². The maximum Gasteiger partial charge on any atom is 0.271 e. The van der Waals surface area contributed by atoms with Gasteiger partial charge in [-0.05, 0) is 47.5 Å². The molecule has 3 aromatic rings. The van der Waals surface area contributed by atoms with Gasteiger partial charge in [0.1, 0.15) is 0 Å². The van der Waals surface area contributed by atoms with Crippen molar-refractivity contribution >= 4 is 32.2 Å². The highest BCUT2D eigenvalue weighted by atomic mass is 32.2. The minimum atomic E-state index is -3.37. The smallest absolute Gasteiger partial charge is 0.267 e. The number of carbonyl (C=O) groups excluding carboxylic acids is 1. The second kappa shape index (κ2) is 7.09. The van der Waals surface area contributed by atoms with Crippen molar-refractivity contribution in [3.8, 4) is 0 Å². The summed E-state index contributed by atoms with van der Waals surface area (Å²) in [6.07, 6.45) is 1.10. The van der Waals surface area contributed by atoms with Gasteiger partial charge in [-0.25, -0.2) is 13.8 Å². The number of nitrogens with one attached hydrogen (secondary N) is 1. The molecule has 0 saturated heterocycles. The molecule has 0 atom stereocenters. The first-order valence-corrected chi connectivity index (χ1v) is 9.88. The summed E-state index contributed by atoms with van der Waals surface area (Å²) in [5.41, 5.74) is 4.27. The molecule has 3 aromatic carbocycles. The topological polar surface area (TPSA) is 75.6 Å². The molecule has 0 aliphatic rings. The van der Waals surface area contributed by atoms with E-state index < -0.39 is 15.7 Å². The summed E-state index contributed by atoms with van der Waals surface area (Å²) in [5, 5.41) is 6.36. The zero-order chi connectivity index (χ0) is 18.7. The first kappa shape index (κ1) is 17.8. The van der Waals surface area contributed by atoms with Crippen LogP contribution in [0.3, 0.4) is 0 Å². The number of benzene rings is 3. The third-order valence-corrected chi connectivity index (χ3v) is 5.13. The molecule has 0 aromatic heterocycles. The molecule has 3 rings (SSSR count). The van der Waals surface area contributed by atoms with Crippen molar-refractivity contribution in [2.24, 2.45) is 5.10 Å². The van der Waals surface area contributed by atoms with E-state index in [1.165, 1.54) is 18.2 Å². The largest absolute Gasteiger partial charge is 0.271 e. The van der Waals surface area contributed by atoms with E-state index in [1.54, 1.807) is 13.0 Å². The summed E-state index contributed by atoms with van der Waals surface area (Å²) in [5.74, 6) is -0.462. The normalized spacial score (nSPS) is 12.2. The van der Waals surface area contributed by atoms with Gasteiger partial charge in [-0.3, -0.25) is 4.79 Å². The Morgan fingerprint density at radius 2 is 1.62 bits per heavy atom. The van der Waals surface area contributed by atoms with Crippen LogP contribution in [0.5, 0.6) is 0 Å². The van der Waals surface area contributed by atoms with Crippen molar-refractivity contribution in [2.45, 2.75) is 11.8 Å². The maximum atomic E-state index is 12.3. The molecular weight excluding hydrogens is 348 g/mol. The van der Waals surface area contributed by atoms with Gasteiger partial charge in [-0.15, -0.1) is 0 Å². The van der Waals surface area contributed by atoms with Gasteiger partial charge < -0.3 is 0 Å². The molecule has 0 bridgehead atoms. The number of hydrogen-bond donors (Lipinski definition) is 1. The Hall–Kier alpha value is -2.99. The lowest BCUT2D eigenvalue weighted by Gasteiger charge is -2.06. The van der Waals surface area contributed by atoms with Crippen LogP contribution in [-0.2, 0) is 9.84 Å². The van der Waals surface area contributed by atoms with E-state index >= 15 is 0 Å². The van der Waals surface area contributed by atoms with Crippen molar-refractivity contribution in [2.75, 3.05) is 6.26 Å². The molecule has 0 fully saturated rings. The van der Waals surface area contributed by atoms with E-state index in [0.717, 1.165) is 22.6 Å². The minimum Gasteiger partial charge on any atom is -0.267 e. The van der Waals surface area contributed by atoms with Crippen molar-refractivity contribution < 1.29 is 13.2 Å². The Kier molecular flexibility index (Phi) is 4.86. The molecule has 0 heterocycles. The van der Waals surface area contributed by atoms with E-state index in [4.69, 9.17) is 0 Å². The van der Waals surface area contributed by atoms with E-state index in [2.05, 4.69) is 10.5 Å². The number of fused-ring (bicyclic) bond motifs is 1. The zero-order valence-corrected chi connectivity index (χ0v) is 15.2. The maximum absolute atomic E-state index is 12.3. The zero-order valence-electron chi connectivity index (χ0n) is 14.4. The molecule has 0 spiro atoms. The standard InChI is InChI=1S/C20H18N2O3S/c1-14(16-11-10-15-6-3-4-7-17(15)12-16)21-22-20(23)18-8-5-9-19(13-18)26(2,24)25/h3-13H,1-2H3,(H,22,23)/b21-14+. The van der Waals surface area contributed by atoms with Crippen molar-refractivity contribution in [1.82, 2.24) is 5.43 Å². The van der Waals surface area contributed by atoms with Gasteiger partial charge in [0.05, 0.1) is 10.6 Å². The van der Waals surface area contributed by atoms with Crippen LogP contribution in [0.1, 0.15) is 22.8 Å². The van der Waals surface area contributed by atoms with Gasteiger partial charge in [0.15, 0.2) is 9.84 Å². The number of hydrogen-bond acceptors (Lipinski definition) is 4. The van der Waals surface area contributed by atoms with Crippen LogP contribution < -0.4 is 5.43 Å². The molecule has 0 radical (unpaired) electrons. The van der Waals surface area contributed by atoms with Gasteiger partial charge in [0.25, 0.3) is 5.91 Å². The molecule has 0 unspecified atom stereocenters. The lowest BCUT2D eigenvalue weighted by molar-refractivity contribution is 0.0954. The Labute approximate surface area is 152 Å². The molecule has 0 saturated carbocycles. The number of nitrogens with zero attached hydrogens (tertiary/aromatic N) is 1. The molecule has 0 aliphatic heterocycles. The lowest BCUT2D eigenvalue weighted by atomic mass is 10.0. The first-order valence-electron chi connectivity index (χ1n) is 7.98. The van der Waals surface area contributed by atoms with Crippen LogP contribution in [0.2, 0.25) is 0 Å². The highest BCUT2D eigenvalue weighted by Gasteiger charge is 2.11. The third kappa shape index (κ3) is 3.97. The van der Waals surface area contributed by atoms with Crippen LogP contribution >= 0.6 is 0 Å². The highest BCUT2D eigenvalue weighted by Crippen LogP contribution is 2.16. The third-order valence-electron chi connectivity index (χ3n) is 4.02. The van der Waals surface area contributed by atoms with Crippen LogP contribution in [0.15, 0.2) is 76.7 Å². The Morgan fingerprint density at radius 1 is 0.885 bits per heavy atom. The molecular formula is C20H18N2O3S. The van der Waals surface area contributed by atoms with Crippen molar-refractivity contribution in [3.05, 3.63) is 77.9 Å². The van der Waals surface area contributed by atoms with Crippen LogP contribution in [0, 0.1) is 0 Å². The summed E-state index contributed by atoms with van der Waals surface area (Å²) in [6, 6.07) is 19.8. The molecule has 26 heavy (non-hydrogen) atoms. The van der Waals surface area contributed by atoms with E-state index in [1.807, 2.05) is 42.5 Å². The van der Waals surface area contributed by atoms with E-state index in [-0.39, 0.29) is 10.5 Å². The Balaban J connectivity index is 1.81. The highest BCUT2D eigenvalue weighted by molar-refractivity contribution is 7.90. The monoisotopic (exact) mass is 366 g/mol. The van der Waals surface area contributed by atoms with E-state index in [0.29, 0.717) is 5.71 Å². The fourth-order valence-electron chi connectivity index (χ4n) is 2.55. The van der Waals surface area contributed by atoms with Gasteiger partial charge in [-0.2, -0.15) is 5.10 Å². The van der Waals surface area contributed by atoms with Crippen molar-refractivity contribution in [3.63, 3.8) is 0 Å². The SMILES string of the molecule is C/C(=N\NC(=O)c1cccc(S(C)(=O)=O)c1)c1ccc2ccccc2c1. The second-order valence-electron chi connectivity index (χ2n) is 6.00. The molecule has 6 heteroatoms. The fraction of sp³-hybridized carbons (Fsp3) is 0.100. The summed E-state index contributed by atoms with van der Waals surface area (Å²) in [6.45, 7) is 1.80. The van der Waals surface area contributed by atoms with Crippen molar-refractivity contribution in [1.29, 1.82) is 0 Å². The summed E-state index contributed by atoms with van der Waals surface area (Å²) in [7, 11) is -3.37. The predicted molar refractivity (Wildman–Crippen MR) is 103 cm³/mol. The fourth-order valence-corrected chi connectivity index (χ4v) is 3.21. The molecule has 1 N–H and O–H groups in total. The van der Waals surface area contributed by atoms with E-state index in [9.17, 15) is 13.2 Å². The summed E-state index contributed by atoms with van der Waals surface area (Å²) < 4.78 is 23.2. The summed E-state index contributed by atoms with van der Waals surface area (Å²) in [4.78, 5) is 12.4. The Morgan fingerprint density at radius 3 is 2.35 bits per heavy atom. The van der Waals surface area contributed by atoms with Crippen LogP contribution in [-0.4, -0.2) is 26.3 Å². The number of sulfone groups is 1. The van der Waals surface area contributed by atoms with Gasteiger partial charge in [0, 0.05) is 11.8 Å². The average Bonchev–Trinajstić information content (AvgIpc) is 2.64. The minimum absolute atomic E-state index is 0.0976. The van der Waals surface area contributed by atoms with Gasteiger partial charge in [-0.1, -0.05) is 42.5 Å². The molecule has 1 amide bonds. The van der Waals surface area contributed by atoms with Crippen LogP contribution in [0.4, 0.5) is 0 Å². The molecule has 0 aliphatic carbocycles. The van der Waals surface area contributed by atoms with Gasteiger partial charge >= 0.3 is 0 Å². The summed E-state index contributed by atoms with van der Waals surface area (Å²) >= 11 is 0. The predicted octanol–water partition coefficient (Wildman–Crippen LogP) is 3.40. The number of hydrazone groups is 1. The second-order valence-corrected chi connectivity index (χ2v) is 8.02. The average molecular weight is 366 g/mol. The quantitative estimate of drug-likeness (QED) is 0.568. The number of carbonyl (C=O) groups is 1. The Bertz CT molecular complexity index is 1120.